The number of alkyl halides is 3. The molecule has 5 nitrogen and oxygen atoms in total. The third-order valence-corrected chi connectivity index (χ3v) is 1.95. The number of halogens is 3. The Balaban J connectivity index is 2.54. The van der Waals surface area contributed by atoms with Gasteiger partial charge in [-0.25, -0.2) is 0 Å². The van der Waals surface area contributed by atoms with Crippen molar-refractivity contribution in [2.75, 3.05) is 0 Å². The van der Waals surface area contributed by atoms with E-state index in [4.69, 9.17) is 0 Å². The summed E-state index contributed by atoms with van der Waals surface area (Å²) in [6.45, 7) is 1.57. The Morgan fingerprint density at radius 2 is 2.31 bits per heavy atom. The lowest BCUT2D eigenvalue weighted by Gasteiger charge is -2.17. The number of H-pyrrole nitrogens is 1. The van der Waals surface area contributed by atoms with E-state index in [0.29, 0.717) is 0 Å². The Morgan fingerprint density at radius 1 is 1.62 bits per heavy atom. The standard InChI is InChI=1S/C8H11F3N4O/c1-2-5(3-8(9,10)11)13-7(16)6-4-12-15-14-6/h4-5H,2-3H2,1H3,(H,13,16)(H,12,14,15). The molecule has 1 rings (SSSR count). The topological polar surface area (TPSA) is 70.7 Å². The lowest BCUT2D eigenvalue weighted by molar-refractivity contribution is -0.139. The fourth-order valence-corrected chi connectivity index (χ4v) is 1.15. The fraction of sp³-hybridized carbons (Fsp3) is 0.625. The van der Waals surface area contributed by atoms with E-state index >= 15 is 0 Å². The van der Waals surface area contributed by atoms with Crippen LogP contribution in [0.3, 0.4) is 0 Å². The smallest absolute Gasteiger partial charge is 0.348 e. The highest BCUT2D eigenvalue weighted by molar-refractivity contribution is 5.91. The van der Waals surface area contributed by atoms with Crippen LogP contribution < -0.4 is 5.32 Å². The van der Waals surface area contributed by atoms with E-state index in [-0.39, 0.29) is 12.1 Å². The Hall–Kier alpha value is -1.60. The molecular formula is C8H11F3N4O. The molecule has 90 valence electrons. The van der Waals surface area contributed by atoms with Gasteiger partial charge in [-0.3, -0.25) is 4.79 Å². The van der Waals surface area contributed by atoms with Gasteiger partial charge in [0, 0.05) is 6.04 Å². The molecule has 16 heavy (non-hydrogen) atoms. The number of carbonyl (C=O) groups excluding carboxylic acids is 1. The fourth-order valence-electron chi connectivity index (χ4n) is 1.15. The highest BCUT2D eigenvalue weighted by Gasteiger charge is 2.32. The number of carbonyl (C=O) groups is 1. The van der Waals surface area contributed by atoms with Crippen LogP contribution >= 0.6 is 0 Å². The summed E-state index contributed by atoms with van der Waals surface area (Å²) in [5.41, 5.74) is -0.0272. The van der Waals surface area contributed by atoms with Gasteiger partial charge in [-0.2, -0.15) is 28.6 Å². The van der Waals surface area contributed by atoms with Gasteiger partial charge >= 0.3 is 6.18 Å². The van der Waals surface area contributed by atoms with E-state index in [1.807, 2.05) is 0 Å². The van der Waals surface area contributed by atoms with Gasteiger partial charge in [0.1, 0.15) is 0 Å². The molecular weight excluding hydrogens is 225 g/mol. The van der Waals surface area contributed by atoms with Gasteiger partial charge in [0.25, 0.3) is 5.91 Å². The van der Waals surface area contributed by atoms with Gasteiger partial charge in [-0.05, 0) is 6.42 Å². The van der Waals surface area contributed by atoms with Crippen LogP contribution in [-0.2, 0) is 0 Å². The predicted octanol–water partition coefficient (Wildman–Crippen LogP) is 1.27. The number of aromatic nitrogens is 3. The monoisotopic (exact) mass is 236 g/mol. The molecule has 1 aromatic rings. The molecule has 0 saturated carbocycles. The Morgan fingerprint density at radius 3 is 2.75 bits per heavy atom. The minimum absolute atomic E-state index is 0.0272. The van der Waals surface area contributed by atoms with E-state index in [1.54, 1.807) is 6.92 Å². The summed E-state index contributed by atoms with van der Waals surface area (Å²) >= 11 is 0. The van der Waals surface area contributed by atoms with E-state index < -0.39 is 24.5 Å². The van der Waals surface area contributed by atoms with Gasteiger partial charge in [0.15, 0.2) is 5.69 Å². The van der Waals surface area contributed by atoms with Gasteiger partial charge in [0.2, 0.25) is 0 Å². The van der Waals surface area contributed by atoms with Gasteiger partial charge in [0.05, 0.1) is 12.6 Å². The first-order valence-electron chi connectivity index (χ1n) is 4.65. The maximum atomic E-state index is 12.1. The van der Waals surface area contributed by atoms with Gasteiger partial charge in [-0.15, -0.1) is 0 Å². The molecule has 2 N–H and O–H groups in total. The molecule has 0 aliphatic rings. The molecule has 0 aliphatic heterocycles. The third kappa shape index (κ3) is 3.87. The van der Waals surface area contributed by atoms with Crippen molar-refractivity contribution in [3.8, 4) is 0 Å². The molecule has 8 heteroatoms. The number of amides is 1. The van der Waals surface area contributed by atoms with Crippen LogP contribution in [0.1, 0.15) is 30.3 Å². The maximum Gasteiger partial charge on any atom is 0.391 e. The second kappa shape index (κ2) is 4.95. The first-order valence-corrected chi connectivity index (χ1v) is 4.65. The summed E-state index contributed by atoms with van der Waals surface area (Å²) in [6, 6.07) is -0.941. The summed E-state index contributed by atoms with van der Waals surface area (Å²) in [5.74, 6) is -0.662. The quantitative estimate of drug-likeness (QED) is 0.826. The maximum absolute atomic E-state index is 12.1. The minimum Gasteiger partial charge on any atom is -0.348 e. The molecule has 1 amide bonds. The highest BCUT2D eigenvalue weighted by atomic mass is 19.4. The summed E-state index contributed by atoms with van der Waals surface area (Å²) in [6.07, 6.45) is -4.00. The predicted molar refractivity (Wildman–Crippen MR) is 48.6 cm³/mol. The number of nitrogens with one attached hydrogen (secondary N) is 2. The first kappa shape index (κ1) is 12.5. The Kier molecular flexibility index (Phi) is 3.86. The molecule has 1 atom stereocenters. The van der Waals surface area contributed by atoms with E-state index in [0.717, 1.165) is 6.20 Å². The first-order chi connectivity index (χ1) is 7.42. The van der Waals surface area contributed by atoms with Crippen molar-refractivity contribution in [3.63, 3.8) is 0 Å². The summed E-state index contributed by atoms with van der Waals surface area (Å²) < 4.78 is 36.3. The number of rotatable bonds is 4. The van der Waals surface area contributed by atoms with Gasteiger partial charge < -0.3 is 5.32 Å². The van der Waals surface area contributed by atoms with Crippen LogP contribution in [0.4, 0.5) is 13.2 Å². The largest absolute Gasteiger partial charge is 0.391 e. The van der Waals surface area contributed by atoms with Crippen LogP contribution in [0, 0.1) is 0 Å². The Labute approximate surface area is 89.4 Å². The lowest BCUT2D eigenvalue weighted by atomic mass is 10.1. The SMILES string of the molecule is CCC(CC(F)(F)F)NC(=O)c1cn[nH]n1. The van der Waals surface area contributed by atoms with Crippen LogP contribution in [0.2, 0.25) is 0 Å². The molecule has 0 aliphatic carbocycles. The number of hydrogen-bond donors (Lipinski definition) is 2. The van der Waals surface area contributed by atoms with Crippen molar-refractivity contribution in [1.82, 2.24) is 20.7 Å². The summed E-state index contributed by atoms with van der Waals surface area (Å²) in [4.78, 5) is 11.4. The normalized spacial score (nSPS) is 13.5. The molecule has 1 heterocycles. The Bertz CT molecular complexity index is 336. The third-order valence-electron chi connectivity index (χ3n) is 1.95. The molecule has 0 aromatic carbocycles. The molecule has 0 fully saturated rings. The van der Waals surface area contributed by atoms with Gasteiger partial charge in [-0.1, -0.05) is 6.92 Å². The average Bonchev–Trinajstić information content (AvgIpc) is 2.67. The molecule has 0 bridgehead atoms. The van der Waals surface area contributed by atoms with E-state index in [9.17, 15) is 18.0 Å². The molecule has 0 radical (unpaired) electrons. The lowest BCUT2D eigenvalue weighted by Crippen LogP contribution is -2.37. The van der Waals surface area contributed by atoms with Crippen molar-refractivity contribution in [1.29, 1.82) is 0 Å². The minimum atomic E-state index is -4.29. The highest BCUT2D eigenvalue weighted by Crippen LogP contribution is 2.22. The zero-order valence-corrected chi connectivity index (χ0v) is 8.51. The summed E-state index contributed by atoms with van der Waals surface area (Å²) in [5, 5.41) is 11.3. The van der Waals surface area contributed by atoms with Crippen molar-refractivity contribution in [3.05, 3.63) is 11.9 Å². The van der Waals surface area contributed by atoms with Crippen molar-refractivity contribution < 1.29 is 18.0 Å². The molecule has 1 unspecified atom stereocenters. The molecule has 0 spiro atoms. The molecule has 0 saturated heterocycles. The second-order valence-electron chi connectivity index (χ2n) is 3.25. The number of nitrogens with zero attached hydrogens (tertiary/aromatic N) is 2. The van der Waals surface area contributed by atoms with Crippen molar-refractivity contribution >= 4 is 5.91 Å². The summed E-state index contributed by atoms with van der Waals surface area (Å²) in [7, 11) is 0. The zero-order chi connectivity index (χ0) is 12.2. The van der Waals surface area contributed by atoms with E-state index in [2.05, 4.69) is 20.7 Å². The van der Waals surface area contributed by atoms with Crippen LogP contribution in [0.15, 0.2) is 6.20 Å². The molecule has 1 aromatic heterocycles. The van der Waals surface area contributed by atoms with Crippen LogP contribution in [0.25, 0.3) is 0 Å². The number of aromatic amines is 1. The number of hydrogen-bond acceptors (Lipinski definition) is 3. The van der Waals surface area contributed by atoms with Crippen LogP contribution in [0.5, 0.6) is 0 Å². The van der Waals surface area contributed by atoms with Crippen molar-refractivity contribution in [2.45, 2.75) is 32.0 Å². The zero-order valence-electron chi connectivity index (χ0n) is 8.51. The van der Waals surface area contributed by atoms with Crippen LogP contribution in [-0.4, -0.2) is 33.5 Å². The second-order valence-corrected chi connectivity index (χ2v) is 3.25. The van der Waals surface area contributed by atoms with Crippen molar-refractivity contribution in [2.24, 2.45) is 0 Å². The average molecular weight is 236 g/mol. The van der Waals surface area contributed by atoms with E-state index in [1.165, 1.54) is 0 Å².